The van der Waals surface area contributed by atoms with E-state index < -0.39 is 4.92 Å². The third kappa shape index (κ3) is 4.11. The Bertz CT molecular complexity index is 1410. The molecule has 0 aliphatic carbocycles. The number of non-ortho nitro benzene ring substituents is 1. The summed E-state index contributed by atoms with van der Waals surface area (Å²) in [7, 11) is 3.22. The number of nitrogens with zero attached hydrogens (tertiary/aromatic N) is 4. The molecule has 2 aromatic carbocycles. The molecule has 36 heavy (non-hydrogen) atoms. The number of ether oxygens (including phenoxy) is 2. The number of rotatable bonds is 7. The van der Waals surface area contributed by atoms with E-state index in [9.17, 15) is 10.1 Å². The first-order valence-corrected chi connectivity index (χ1v) is 11.6. The van der Waals surface area contributed by atoms with E-state index in [1.807, 2.05) is 64.2 Å². The Labute approximate surface area is 213 Å². The smallest absolute Gasteiger partial charge is 0.269 e. The van der Waals surface area contributed by atoms with Crippen molar-refractivity contribution in [2.24, 2.45) is 0 Å². The normalized spacial score (nSPS) is 17.1. The fraction of sp³-hybridized carbons (Fsp3) is 0.154. The molecular formula is C26H23N5O4S. The van der Waals surface area contributed by atoms with E-state index >= 15 is 0 Å². The number of thiocarbonyl (C=S) groups is 1. The molecule has 5 rings (SSSR count). The van der Waals surface area contributed by atoms with Crippen LogP contribution in [0.1, 0.15) is 23.5 Å². The number of anilines is 1. The van der Waals surface area contributed by atoms with E-state index in [2.05, 4.69) is 10.3 Å². The minimum atomic E-state index is -0.409. The van der Waals surface area contributed by atoms with Crippen LogP contribution in [0.4, 0.5) is 11.4 Å². The third-order valence-corrected chi connectivity index (χ3v) is 6.48. The number of nitro benzene ring substituents is 1. The van der Waals surface area contributed by atoms with Gasteiger partial charge in [-0.1, -0.05) is 6.07 Å². The summed E-state index contributed by atoms with van der Waals surface area (Å²) in [5, 5.41) is 15.1. The molecule has 0 bridgehead atoms. The molecular weight excluding hydrogens is 478 g/mol. The van der Waals surface area contributed by atoms with Crippen molar-refractivity contribution in [2.75, 3.05) is 19.1 Å². The van der Waals surface area contributed by atoms with Gasteiger partial charge in [-0.3, -0.25) is 15.1 Å². The summed E-state index contributed by atoms with van der Waals surface area (Å²) in [6.07, 6.45) is 3.68. The van der Waals surface area contributed by atoms with Crippen LogP contribution in [0.2, 0.25) is 0 Å². The molecule has 1 fully saturated rings. The minimum absolute atomic E-state index is 0.0327. The lowest BCUT2D eigenvalue weighted by Crippen LogP contribution is -2.30. The van der Waals surface area contributed by atoms with Gasteiger partial charge in [-0.15, -0.1) is 0 Å². The minimum Gasteiger partial charge on any atom is -0.497 e. The van der Waals surface area contributed by atoms with E-state index in [1.165, 1.54) is 12.1 Å². The predicted molar refractivity (Wildman–Crippen MR) is 140 cm³/mol. The lowest BCUT2D eigenvalue weighted by Gasteiger charge is -2.30. The van der Waals surface area contributed by atoms with Crippen molar-refractivity contribution in [3.63, 3.8) is 0 Å². The van der Waals surface area contributed by atoms with Gasteiger partial charge >= 0.3 is 0 Å². The van der Waals surface area contributed by atoms with Crippen LogP contribution in [-0.4, -0.2) is 33.8 Å². The number of pyridine rings is 1. The van der Waals surface area contributed by atoms with Crippen LogP contribution in [-0.2, 0) is 0 Å². The molecule has 4 aromatic rings. The lowest BCUT2D eigenvalue weighted by atomic mass is 10.0. The van der Waals surface area contributed by atoms with Crippen LogP contribution in [0.5, 0.6) is 11.5 Å². The van der Waals surface area contributed by atoms with Crippen LogP contribution in [0, 0.1) is 10.1 Å². The van der Waals surface area contributed by atoms with Crippen molar-refractivity contribution >= 4 is 28.7 Å². The average molecular weight is 502 g/mol. The van der Waals surface area contributed by atoms with Gasteiger partial charge < -0.3 is 24.3 Å². The molecule has 9 nitrogen and oxygen atoms in total. The topological polar surface area (TPSA) is 94.7 Å². The second-order valence-electron chi connectivity index (χ2n) is 8.11. The highest BCUT2D eigenvalue weighted by atomic mass is 32.1. The summed E-state index contributed by atoms with van der Waals surface area (Å²) in [5.74, 6) is 1.31. The van der Waals surface area contributed by atoms with Crippen LogP contribution < -0.4 is 19.7 Å². The number of hydrogen-bond donors (Lipinski definition) is 1. The van der Waals surface area contributed by atoms with Crippen LogP contribution in [0.15, 0.2) is 85.2 Å². The largest absolute Gasteiger partial charge is 0.497 e. The Balaban J connectivity index is 1.68. The highest BCUT2D eigenvalue weighted by Crippen LogP contribution is 2.46. The van der Waals surface area contributed by atoms with E-state index in [-0.39, 0.29) is 17.8 Å². The van der Waals surface area contributed by atoms with E-state index in [0.717, 1.165) is 22.8 Å². The van der Waals surface area contributed by atoms with Crippen LogP contribution >= 0.6 is 12.2 Å². The number of aromatic nitrogens is 2. The van der Waals surface area contributed by atoms with Crippen molar-refractivity contribution in [1.29, 1.82) is 0 Å². The molecule has 1 saturated heterocycles. The summed E-state index contributed by atoms with van der Waals surface area (Å²) < 4.78 is 13.2. The average Bonchev–Trinajstić information content (AvgIpc) is 3.53. The van der Waals surface area contributed by atoms with Gasteiger partial charge in [0.1, 0.15) is 17.5 Å². The number of nitro groups is 1. The molecule has 0 spiro atoms. The zero-order valence-corrected chi connectivity index (χ0v) is 20.4. The highest BCUT2D eigenvalue weighted by molar-refractivity contribution is 7.80. The van der Waals surface area contributed by atoms with Crippen molar-refractivity contribution < 1.29 is 14.4 Å². The Morgan fingerprint density at radius 2 is 1.83 bits per heavy atom. The first-order valence-electron chi connectivity index (χ1n) is 11.2. The quantitative estimate of drug-likeness (QED) is 0.215. The van der Waals surface area contributed by atoms with Crippen molar-refractivity contribution in [3.8, 4) is 17.2 Å². The molecule has 2 aromatic heterocycles. The molecule has 1 aliphatic heterocycles. The van der Waals surface area contributed by atoms with E-state index in [4.69, 9.17) is 21.7 Å². The van der Waals surface area contributed by atoms with Gasteiger partial charge in [-0.05, 0) is 60.7 Å². The molecule has 0 saturated carbocycles. The predicted octanol–water partition coefficient (Wildman–Crippen LogP) is 4.97. The maximum atomic E-state index is 11.2. The van der Waals surface area contributed by atoms with Crippen LogP contribution in [0.25, 0.3) is 5.69 Å². The summed E-state index contributed by atoms with van der Waals surface area (Å²) in [4.78, 5) is 17.4. The van der Waals surface area contributed by atoms with Gasteiger partial charge in [-0.2, -0.15) is 0 Å². The summed E-state index contributed by atoms with van der Waals surface area (Å²) in [5.41, 5.74) is 3.30. The van der Waals surface area contributed by atoms with Gasteiger partial charge in [-0.25, -0.2) is 0 Å². The standard InChI is InChI=1S/C26H23N5O4S/c1-34-19-12-13-23(35-2)22(16-19)30-25(24(28-26(30)36)20-6-3-4-14-27-20)21-7-5-15-29(21)17-8-10-18(11-9-17)31(32)33/h3-16,24-25H,1-2H3,(H,28,36)/t24-,25-/m0/s1. The molecule has 2 atom stereocenters. The number of methoxy groups -OCH3 is 2. The zero-order valence-electron chi connectivity index (χ0n) is 19.6. The fourth-order valence-corrected chi connectivity index (χ4v) is 4.84. The fourth-order valence-electron chi connectivity index (χ4n) is 4.51. The number of hydrogen-bond acceptors (Lipinski definition) is 6. The molecule has 0 amide bonds. The molecule has 1 aliphatic rings. The highest BCUT2D eigenvalue weighted by Gasteiger charge is 2.43. The maximum Gasteiger partial charge on any atom is 0.269 e. The van der Waals surface area contributed by atoms with Crippen molar-refractivity contribution in [2.45, 2.75) is 12.1 Å². The molecule has 0 radical (unpaired) electrons. The van der Waals surface area contributed by atoms with E-state index in [1.54, 1.807) is 32.5 Å². The van der Waals surface area contributed by atoms with Gasteiger partial charge in [0.2, 0.25) is 0 Å². The molecule has 1 N–H and O–H groups in total. The molecule has 10 heteroatoms. The Morgan fingerprint density at radius 3 is 2.50 bits per heavy atom. The van der Waals surface area contributed by atoms with Gasteiger partial charge in [0.25, 0.3) is 5.69 Å². The monoisotopic (exact) mass is 501 g/mol. The summed E-state index contributed by atoms with van der Waals surface area (Å²) in [6, 6.07) is 21.1. The second kappa shape index (κ2) is 9.67. The van der Waals surface area contributed by atoms with Crippen molar-refractivity contribution in [3.05, 3.63) is 107 Å². The van der Waals surface area contributed by atoms with Gasteiger partial charge in [0, 0.05) is 42.0 Å². The Kier molecular flexibility index (Phi) is 6.26. The SMILES string of the molecule is COc1ccc(OC)c(N2C(=S)N[C@@H](c3ccccn3)[C@@H]2c2cccn2-c2ccc([N+](=O)[O-])cc2)c1. The second-order valence-corrected chi connectivity index (χ2v) is 8.50. The molecule has 3 heterocycles. The Hall–Kier alpha value is -4.44. The van der Waals surface area contributed by atoms with Crippen LogP contribution in [0.3, 0.4) is 0 Å². The summed E-state index contributed by atoms with van der Waals surface area (Å²) >= 11 is 5.85. The first-order chi connectivity index (χ1) is 17.5. The van der Waals surface area contributed by atoms with E-state index in [0.29, 0.717) is 16.6 Å². The number of nitrogens with one attached hydrogen (secondary N) is 1. The Morgan fingerprint density at radius 1 is 1.03 bits per heavy atom. The summed E-state index contributed by atoms with van der Waals surface area (Å²) in [6.45, 7) is 0. The molecule has 182 valence electrons. The number of benzene rings is 2. The lowest BCUT2D eigenvalue weighted by molar-refractivity contribution is -0.384. The first kappa shape index (κ1) is 23.3. The van der Waals surface area contributed by atoms with Gasteiger partial charge in [0.15, 0.2) is 5.11 Å². The maximum absolute atomic E-state index is 11.2. The third-order valence-electron chi connectivity index (χ3n) is 6.17. The molecule has 0 unspecified atom stereocenters. The van der Waals surface area contributed by atoms with Crippen molar-refractivity contribution in [1.82, 2.24) is 14.9 Å². The zero-order chi connectivity index (χ0) is 25.2. The van der Waals surface area contributed by atoms with Gasteiger partial charge in [0.05, 0.1) is 36.6 Å².